The van der Waals surface area contributed by atoms with E-state index in [0.717, 1.165) is 13.0 Å². The molecule has 108 valence electrons. The lowest BCUT2D eigenvalue weighted by atomic mass is 10.1. The van der Waals surface area contributed by atoms with Crippen molar-refractivity contribution in [2.24, 2.45) is 0 Å². The molecule has 1 aromatic rings. The average molecular weight is 277 g/mol. The summed E-state index contributed by atoms with van der Waals surface area (Å²) < 4.78 is 4.98. The van der Waals surface area contributed by atoms with E-state index in [0.29, 0.717) is 30.1 Å². The topological polar surface area (TPSA) is 84.7 Å². The SMILES string of the molecule is CCOC(=O)c1cccc(N2CCCNC(=O)C2)c1N. The van der Waals surface area contributed by atoms with Crippen LogP contribution in [0.5, 0.6) is 0 Å². The van der Waals surface area contributed by atoms with E-state index in [2.05, 4.69) is 5.32 Å². The van der Waals surface area contributed by atoms with Gasteiger partial charge in [0.05, 0.1) is 30.1 Å². The summed E-state index contributed by atoms with van der Waals surface area (Å²) in [7, 11) is 0. The molecule has 0 spiro atoms. The molecule has 0 aromatic heterocycles. The summed E-state index contributed by atoms with van der Waals surface area (Å²) >= 11 is 0. The van der Waals surface area contributed by atoms with Crippen LogP contribution >= 0.6 is 0 Å². The Kier molecular flexibility index (Phi) is 4.45. The minimum Gasteiger partial charge on any atom is -0.462 e. The van der Waals surface area contributed by atoms with Gasteiger partial charge in [-0.25, -0.2) is 4.79 Å². The predicted octanol–water partition coefficient (Wildman–Crippen LogP) is 0.772. The summed E-state index contributed by atoms with van der Waals surface area (Å²) in [5.41, 5.74) is 7.47. The Hall–Kier alpha value is -2.24. The lowest BCUT2D eigenvalue weighted by Crippen LogP contribution is -2.33. The molecule has 1 heterocycles. The average Bonchev–Trinajstić information content (AvgIpc) is 2.64. The van der Waals surface area contributed by atoms with Gasteiger partial charge in [0.25, 0.3) is 0 Å². The number of carbonyl (C=O) groups is 2. The van der Waals surface area contributed by atoms with Crippen molar-refractivity contribution in [2.75, 3.05) is 36.9 Å². The first-order valence-corrected chi connectivity index (χ1v) is 6.70. The maximum absolute atomic E-state index is 11.8. The summed E-state index contributed by atoms with van der Waals surface area (Å²) in [6.07, 6.45) is 0.842. The highest BCUT2D eigenvalue weighted by atomic mass is 16.5. The molecule has 0 saturated carbocycles. The molecule has 1 amide bonds. The molecule has 2 rings (SSSR count). The number of rotatable bonds is 3. The molecule has 0 aliphatic carbocycles. The Morgan fingerprint density at radius 1 is 1.50 bits per heavy atom. The molecule has 0 bridgehead atoms. The predicted molar refractivity (Wildman–Crippen MR) is 76.7 cm³/mol. The minimum atomic E-state index is -0.439. The number of nitrogens with two attached hydrogens (primary N) is 1. The molecule has 0 unspecified atom stereocenters. The largest absolute Gasteiger partial charge is 0.462 e. The third kappa shape index (κ3) is 3.01. The molecular weight excluding hydrogens is 258 g/mol. The molecule has 20 heavy (non-hydrogen) atoms. The van der Waals surface area contributed by atoms with Gasteiger partial charge in [-0.2, -0.15) is 0 Å². The summed E-state index contributed by atoms with van der Waals surface area (Å²) in [5, 5.41) is 2.81. The van der Waals surface area contributed by atoms with E-state index in [9.17, 15) is 9.59 Å². The van der Waals surface area contributed by atoms with Gasteiger partial charge in [-0.15, -0.1) is 0 Å². The number of amides is 1. The van der Waals surface area contributed by atoms with Crippen LogP contribution in [0, 0.1) is 0 Å². The fraction of sp³-hybridized carbons (Fsp3) is 0.429. The third-order valence-electron chi connectivity index (χ3n) is 3.18. The number of nitrogens with zero attached hydrogens (tertiary/aromatic N) is 1. The fourth-order valence-electron chi connectivity index (χ4n) is 2.23. The fourth-order valence-corrected chi connectivity index (χ4v) is 2.23. The van der Waals surface area contributed by atoms with Gasteiger partial charge in [0, 0.05) is 13.1 Å². The lowest BCUT2D eigenvalue weighted by Gasteiger charge is -2.23. The van der Waals surface area contributed by atoms with Gasteiger partial charge in [0.1, 0.15) is 0 Å². The molecule has 1 saturated heterocycles. The van der Waals surface area contributed by atoms with Crippen LogP contribution in [0.15, 0.2) is 18.2 Å². The van der Waals surface area contributed by atoms with Crippen molar-refractivity contribution in [1.82, 2.24) is 5.32 Å². The van der Waals surface area contributed by atoms with E-state index in [4.69, 9.17) is 10.5 Å². The van der Waals surface area contributed by atoms with E-state index in [-0.39, 0.29) is 12.5 Å². The van der Waals surface area contributed by atoms with Gasteiger partial charge in [0.15, 0.2) is 0 Å². The quantitative estimate of drug-likeness (QED) is 0.630. The zero-order valence-corrected chi connectivity index (χ0v) is 11.5. The highest BCUT2D eigenvalue weighted by Crippen LogP contribution is 2.27. The number of hydrogen-bond acceptors (Lipinski definition) is 5. The lowest BCUT2D eigenvalue weighted by molar-refractivity contribution is -0.119. The number of benzene rings is 1. The van der Waals surface area contributed by atoms with Crippen LogP contribution in [-0.4, -0.2) is 38.1 Å². The molecule has 1 aromatic carbocycles. The summed E-state index contributed by atoms with van der Waals surface area (Å²) in [6, 6.07) is 5.20. The Morgan fingerprint density at radius 2 is 2.30 bits per heavy atom. The highest BCUT2D eigenvalue weighted by Gasteiger charge is 2.20. The van der Waals surface area contributed by atoms with E-state index in [1.54, 1.807) is 19.1 Å². The number of para-hydroxylation sites is 1. The first-order chi connectivity index (χ1) is 9.63. The van der Waals surface area contributed by atoms with Crippen LogP contribution in [0.2, 0.25) is 0 Å². The van der Waals surface area contributed by atoms with Gasteiger partial charge in [-0.3, -0.25) is 4.79 Å². The monoisotopic (exact) mass is 277 g/mol. The van der Waals surface area contributed by atoms with E-state index >= 15 is 0 Å². The summed E-state index contributed by atoms with van der Waals surface area (Å²) in [6.45, 7) is 3.67. The Morgan fingerprint density at radius 3 is 3.05 bits per heavy atom. The number of hydrogen-bond donors (Lipinski definition) is 2. The molecule has 6 nitrogen and oxygen atoms in total. The third-order valence-corrected chi connectivity index (χ3v) is 3.18. The number of esters is 1. The van der Waals surface area contributed by atoms with Crippen molar-refractivity contribution >= 4 is 23.3 Å². The second-order valence-electron chi connectivity index (χ2n) is 4.58. The van der Waals surface area contributed by atoms with Gasteiger partial charge in [0.2, 0.25) is 5.91 Å². The van der Waals surface area contributed by atoms with Crippen molar-refractivity contribution < 1.29 is 14.3 Å². The number of carbonyl (C=O) groups excluding carboxylic acids is 2. The van der Waals surface area contributed by atoms with Gasteiger partial charge >= 0.3 is 5.97 Å². The smallest absolute Gasteiger partial charge is 0.340 e. The zero-order valence-electron chi connectivity index (χ0n) is 11.5. The van der Waals surface area contributed by atoms with Crippen molar-refractivity contribution in [3.05, 3.63) is 23.8 Å². The highest BCUT2D eigenvalue weighted by molar-refractivity contribution is 5.99. The Bertz CT molecular complexity index is 516. The van der Waals surface area contributed by atoms with Crippen LogP contribution in [0.4, 0.5) is 11.4 Å². The normalized spacial score (nSPS) is 15.4. The molecule has 0 radical (unpaired) electrons. The zero-order chi connectivity index (χ0) is 14.5. The minimum absolute atomic E-state index is 0.0385. The molecular formula is C14H19N3O3. The van der Waals surface area contributed by atoms with Crippen LogP contribution in [-0.2, 0) is 9.53 Å². The molecule has 6 heteroatoms. The van der Waals surface area contributed by atoms with Crippen LogP contribution < -0.4 is 16.0 Å². The first kappa shape index (κ1) is 14.2. The van der Waals surface area contributed by atoms with E-state index in [1.165, 1.54) is 0 Å². The van der Waals surface area contributed by atoms with Crippen LogP contribution in [0.25, 0.3) is 0 Å². The van der Waals surface area contributed by atoms with Gasteiger partial charge < -0.3 is 20.7 Å². The van der Waals surface area contributed by atoms with Crippen molar-refractivity contribution in [1.29, 1.82) is 0 Å². The summed E-state index contributed by atoms with van der Waals surface area (Å²) in [5.74, 6) is -0.477. The maximum atomic E-state index is 11.8. The van der Waals surface area contributed by atoms with Gasteiger partial charge in [-0.1, -0.05) is 6.07 Å². The van der Waals surface area contributed by atoms with Crippen molar-refractivity contribution in [2.45, 2.75) is 13.3 Å². The Labute approximate surface area is 117 Å². The Balaban J connectivity index is 2.29. The molecule has 1 fully saturated rings. The molecule has 0 atom stereocenters. The molecule has 3 N–H and O–H groups in total. The van der Waals surface area contributed by atoms with Crippen molar-refractivity contribution in [3.63, 3.8) is 0 Å². The molecule has 1 aliphatic heterocycles. The molecule has 1 aliphatic rings. The van der Waals surface area contributed by atoms with E-state index in [1.807, 2.05) is 11.0 Å². The number of ether oxygens (including phenoxy) is 1. The number of anilines is 2. The van der Waals surface area contributed by atoms with Crippen LogP contribution in [0.3, 0.4) is 0 Å². The number of nitrogens with one attached hydrogen (secondary N) is 1. The maximum Gasteiger partial charge on any atom is 0.340 e. The number of nitrogen functional groups attached to an aromatic ring is 1. The van der Waals surface area contributed by atoms with E-state index < -0.39 is 5.97 Å². The second kappa shape index (κ2) is 6.27. The van der Waals surface area contributed by atoms with Gasteiger partial charge in [-0.05, 0) is 25.5 Å². The van der Waals surface area contributed by atoms with Crippen LogP contribution in [0.1, 0.15) is 23.7 Å². The summed E-state index contributed by atoms with van der Waals surface area (Å²) in [4.78, 5) is 25.3. The van der Waals surface area contributed by atoms with Crippen molar-refractivity contribution in [3.8, 4) is 0 Å². The first-order valence-electron chi connectivity index (χ1n) is 6.70. The standard InChI is InChI=1S/C14H19N3O3/c1-2-20-14(19)10-5-3-6-11(13(10)15)17-8-4-7-16-12(18)9-17/h3,5-6H,2,4,7-9,15H2,1H3,(H,16,18). The second-order valence-corrected chi connectivity index (χ2v) is 4.58.